The first-order chi connectivity index (χ1) is 14.3. The van der Waals surface area contributed by atoms with E-state index in [1.165, 1.54) is 32.2 Å². The van der Waals surface area contributed by atoms with E-state index in [2.05, 4.69) is 33.8 Å². The van der Waals surface area contributed by atoms with Crippen molar-refractivity contribution in [1.29, 1.82) is 0 Å². The predicted octanol–water partition coefficient (Wildman–Crippen LogP) is 1.51. The number of piperidine rings is 3. The van der Waals surface area contributed by atoms with Crippen LogP contribution in [-0.2, 0) is 11.3 Å². The molecule has 30 heavy (non-hydrogen) atoms. The SMILES string of the molecule is Cc1cc(C)n(CCC(=O)N2C[C@H]3C[C@@H](C2)[C@H](CN(C)C)N2CCCC[C@@H]32)c(=O)n1. The molecular formula is C23H37N5O2. The maximum atomic E-state index is 13.1. The zero-order chi connectivity index (χ0) is 21.4. The molecule has 0 N–H and O–H groups in total. The van der Waals surface area contributed by atoms with Gasteiger partial charge >= 0.3 is 5.69 Å². The van der Waals surface area contributed by atoms with Gasteiger partial charge < -0.3 is 9.80 Å². The fourth-order valence-electron chi connectivity index (χ4n) is 6.15. The molecule has 3 saturated heterocycles. The van der Waals surface area contributed by atoms with E-state index >= 15 is 0 Å². The van der Waals surface area contributed by atoms with E-state index in [0.29, 0.717) is 36.9 Å². The fourth-order valence-corrected chi connectivity index (χ4v) is 6.15. The molecule has 0 aliphatic carbocycles. The van der Waals surface area contributed by atoms with Gasteiger partial charge in [0.2, 0.25) is 5.91 Å². The van der Waals surface area contributed by atoms with E-state index in [1.807, 2.05) is 19.9 Å². The quantitative estimate of drug-likeness (QED) is 0.730. The van der Waals surface area contributed by atoms with Crippen molar-refractivity contribution in [3.05, 3.63) is 27.9 Å². The van der Waals surface area contributed by atoms with Crippen LogP contribution in [0.15, 0.2) is 10.9 Å². The molecule has 0 saturated carbocycles. The minimum absolute atomic E-state index is 0.185. The molecule has 1 aromatic rings. The summed E-state index contributed by atoms with van der Waals surface area (Å²) in [4.78, 5) is 36.6. The van der Waals surface area contributed by atoms with Crippen LogP contribution in [0.1, 0.15) is 43.5 Å². The number of likely N-dealkylation sites (tertiary alicyclic amines) is 1. The van der Waals surface area contributed by atoms with Gasteiger partial charge in [-0.1, -0.05) is 6.42 Å². The van der Waals surface area contributed by atoms with Crippen LogP contribution >= 0.6 is 0 Å². The summed E-state index contributed by atoms with van der Waals surface area (Å²) in [6.07, 6.45) is 5.52. The number of carbonyl (C=O) groups excluding carboxylic acids is 1. The van der Waals surface area contributed by atoms with Crippen molar-refractivity contribution >= 4 is 5.91 Å². The number of fused-ring (bicyclic) bond motifs is 4. The van der Waals surface area contributed by atoms with E-state index in [1.54, 1.807) is 4.57 Å². The van der Waals surface area contributed by atoms with Crippen LogP contribution in [0.5, 0.6) is 0 Å². The fraction of sp³-hybridized carbons (Fsp3) is 0.783. The lowest BCUT2D eigenvalue weighted by Crippen LogP contribution is -2.65. The molecule has 166 valence electrons. The number of amides is 1. The van der Waals surface area contributed by atoms with E-state index < -0.39 is 0 Å². The standard InChI is InChI=1S/C23H37N5O2/c1-16-11-17(2)27(23(30)24-16)10-8-22(29)26-13-18-12-19(14-26)21(15-25(3)4)28-9-6-5-7-20(18)28/h11,18-21H,5-10,12-15H2,1-4H3/t18-,19+,20+,21+/m1/s1. The molecule has 0 radical (unpaired) electrons. The van der Waals surface area contributed by atoms with E-state index in [4.69, 9.17) is 0 Å². The molecule has 0 unspecified atom stereocenters. The average Bonchev–Trinajstić information content (AvgIpc) is 2.70. The molecule has 3 aliphatic heterocycles. The maximum absolute atomic E-state index is 13.1. The average molecular weight is 416 g/mol. The molecule has 0 aromatic carbocycles. The summed E-state index contributed by atoms with van der Waals surface area (Å²) < 4.78 is 1.63. The van der Waals surface area contributed by atoms with Gasteiger partial charge in [-0.15, -0.1) is 0 Å². The molecule has 2 bridgehead atoms. The largest absolute Gasteiger partial charge is 0.347 e. The van der Waals surface area contributed by atoms with Gasteiger partial charge in [0.05, 0.1) is 0 Å². The zero-order valence-corrected chi connectivity index (χ0v) is 19.0. The number of carbonyl (C=O) groups is 1. The van der Waals surface area contributed by atoms with Crippen molar-refractivity contribution < 1.29 is 4.79 Å². The zero-order valence-electron chi connectivity index (χ0n) is 19.0. The molecule has 7 heteroatoms. The van der Waals surface area contributed by atoms with Gasteiger partial charge in [0.1, 0.15) is 0 Å². The molecule has 7 nitrogen and oxygen atoms in total. The Kier molecular flexibility index (Phi) is 6.30. The van der Waals surface area contributed by atoms with Gasteiger partial charge in [-0.3, -0.25) is 14.3 Å². The van der Waals surface area contributed by atoms with E-state index in [0.717, 1.165) is 31.0 Å². The van der Waals surface area contributed by atoms with Gasteiger partial charge in [-0.2, -0.15) is 4.98 Å². The number of nitrogens with zero attached hydrogens (tertiary/aromatic N) is 5. The Morgan fingerprint density at radius 3 is 2.70 bits per heavy atom. The lowest BCUT2D eigenvalue weighted by Gasteiger charge is -2.57. The minimum Gasteiger partial charge on any atom is -0.342 e. The van der Waals surface area contributed by atoms with Crippen LogP contribution in [0.2, 0.25) is 0 Å². The van der Waals surface area contributed by atoms with Crippen molar-refractivity contribution in [2.24, 2.45) is 11.8 Å². The van der Waals surface area contributed by atoms with Crippen LogP contribution in [0, 0.1) is 25.7 Å². The van der Waals surface area contributed by atoms with Crippen molar-refractivity contribution in [2.75, 3.05) is 40.3 Å². The number of likely N-dealkylation sites (N-methyl/N-ethyl adjacent to an activating group) is 1. The lowest BCUT2D eigenvalue weighted by atomic mass is 9.72. The molecule has 3 aliphatic rings. The van der Waals surface area contributed by atoms with E-state index in [9.17, 15) is 9.59 Å². The summed E-state index contributed by atoms with van der Waals surface area (Å²) in [6.45, 7) is 8.18. The van der Waals surface area contributed by atoms with Crippen molar-refractivity contribution in [1.82, 2.24) is 24.3 Å². The molecule has 4 heterocycles. The van der Waals surface area contributed by atoms with Gasteiger partial charge in [0.15, 0.2) is 0 Å². The summed E-state index contributed by atoms with van der Waals surface area (Å²) >= 11 is 0. The first kappa shape index (κ1) is 21.5. The molecule has 0 spiro atoms. The highest BCUT2D eigenvalue weighted by Crippen LogP contribution is 2.41. The van der Waals surface area contributed by atoms with Gasteiger partial charge in [-0.05, 0) is 71.7 Å². The predicted molar refractivity (Wildman–Crippen MR) is 117 cm³/mol. The van der Waals surface area contributed by atoms with Crippen molar-refractivity contribution in [3.8, 4) is 0 Å². The van der Waals surface area contributed by atoms with Gasteiger partial charge in [-0.25, -0.2) is 4.79 Å². The topological polar surface area (TPSA) is 61.7 Å². The van der Waals surface area contributed by atoms with Gasteiger partial charge in [0, 0.05) is 56.1 Å². The molecule has 1 amide bonds. The minimum atomic E-state index is -0.250. The third-order valence-electron chi connectivity index (χ3n) is 7.42. The highest BCUT2D eigenvalue weighted by Gasteiger charge is 2.47. The Morgan fingerprint density at radius 2 is 1.97 bits per heavy atom. The molecule has 4 rings (SSSR count). The van der Waals surface area contributed by atoms with Gasteiger partial charge in [0.25, 0.3) is 0 Å². The summed E-state index contributed by atoms with van der Waals surface area (Å²) in [5, 5.41) is 0. The summed E-state index contributed by atoms with van der Waals surface area (Å²) in [6, 6.07) is 3.07. The summed E-state index contributed by atoms with van der Waals surface area (Å²) in [5.41, 5.74) is 1.35. The highest BCUT2D eigenvalue weighted by atomic mass is 16.2. The Bertz CT molecular complexity index is 835. The molecule has 1 aromatic heterocycles. The third kappa shape index (κ3) is 4.33. The van der Waals surface area contributed by atoms with Crippen LogP contribution in [0.4, 0.5) is 0 Å². The monoisotopic (exact) mass is 415 g/mol. The smallest absolute Gasteiger partial charge is 0.342 e. The molecule has 4 atom stereocenters. The summed E-state index contributed by atoms with van der Waals surface area (Å²) in [7, 11) is 4.32. The molecule has 3 fully saturated rings. The van der Waals surface area contributed by atoms with Crippen LogP contribution in [0.25, 0.3) is 0 Å². The number of hydrogen-bond donors (Lipinski definition) is 0. The second-order valence-electron chi connectivity index (χ2n) is 9.91. The number of hydrogen-bond acceptors (Lipinski definition) is 5. The first-order valence-corrected chi connectivity index (χ1v) is 11.6. The van der Waals surface area contributed by atoms with Crippen LogP contribution < -0.4 is 5.69 Å². The normalized spacial score (nSPS) is 29.2. The Morgan fingerprint density at radius 1 is 1.20 bits per heavy atom. The Hall–Kier alpha value is -1.73. The second-order valence-corrected chi connectivity index (χ2v) is 9.91. The number of aryl methyl sites for hydroxylation is 2. The van der Waals surface area contributed by atoms with Crippen LogP contribution in [0.3, 0.4) is 0 Å². The van der Waals surface area contributed by atoms with Crippen molar-refractivity contribution in [3.63, 3.8) is 0 Å². The number of rotatable bonds is 5. The van der Waals surface area contributed by atoms with Crippen molar-refractivity contribution in [2.45, 2.75) is 64.6 Å². The molecular weight excluding hydrogens is 378 g/mol. The number of aromatic nitrogens is 2. The first-order valence-electron chi connectivity index (χ1n) is 11.6. The third-order valence-corrected chi connectivity index (χ3v) is 7.42. The maximum Gasteiger partial charge on any atom is 0.347 e. The van der Waals surface area contributed by atoms with E-state index in [-0.39, 0.29) is 11.6 Å². The Balaban J connectivity index is 1.46. The second kappa shape index (κ2) is 8.79. The summed E-state index contributed by atoms with van der Waals surface area (Å²) in [5.74, 6) is 1.33. The lowest BCUT2D eigenvalue weighted by molar-refractivity contribution is -0.141. The van der Waals surface area contributed by atoms with Crippen LogP contribution in [-0.4, -0.2) is 82.5 Å². The highest BCUT2D eigenvalue weighted by molar-refractivity contribution is 5.76. The Labute approximate surface area is 180 Å².